The van der Waals surface area contributed by atoms with Crippen LogP contribution in [0.25, 0.3) is 11.1 Å². The van der Waals surface area contributed by atoms with Crippen molar-refractivity contribution in [1.29, 1.82) is 0 Å². The SMILES string of the molecule is CCCNC1CCc2c(-c3cn(CC)nc3C)cccc21. The lowest BCUT2D eigenvalue weighted by Crippen LogP contribution is -2.19. The fourth-order valence-electron chi connectivity index (χ4n) is 3.38. The van der Waals surface area contributed by atoms with Gasteiger partial charge in [0.25, 0.3) is 0 Å². The highest BCUT2D eigenvalue weighted by Crippen LogP contribution is 2.38. The van der Waals surface area contributed by atoms with E-state index in [2.05, 4.69) is 55.6 Å². The second kappa shape index (κ2) is 6.02. The molecule has 0 bridgehead atoms. The third kappa shape index (κ3) is 2.62. The molecule has 0 spiro atoms. The summed E-state index contributed by atoms with van der Waals surface area (Å²) in [4.78, 5) is 0. The Labute approximate surface area is 127 Å². The second-order valence-electron chi connectivity index (χ2n) is 5.90. The average Bonchev–Trinajstić information content (AvgIpc) is 3.08. The lowest BCUT2D eigenvalue weighted by molar-refractivity contribution is 0.529. The molecule has 1 heterocycles. The molecule has 2 aromatic rings. The third-order valence-electron chi connectivity index (χ3n) is 4.47. The molecule has 0 fully saturated rings. The lowest BCUT2D eigenvalue weighted by Gasteiger charge is -2.14. The van der Waals surface area contributed by atoms with Crippen molar-refractivity contribution >= 4 is 0 Å². The molecule has 0 radical (unpaired) electrons. The number of nitrogens with zero attached hydrogens (tertiary/aromatic N) is 2. The number of aromatic nitrogens is 2. The molecule has 112 valence electrons. The molecule has 1 aromatic heterocycles. The van der Waals surface area contributed by atoms with E-state index in [1.165, 1.54) is 41.5 Å². The minimum Gasteiger partial charge on any atom is -0.310 e. The first-order valence-electron chi connectivity index (χ1n) is 8.14. The summed E-state index contributed by atoms with van der Waals surface area (Å²) in [5, 5.41) is 8.28. The van der Waals surface area contributed by atoms with Crippen LogP contribution in [0, 0.1) is 6.92 Å². The zero-order chi connectivity index (χ0) is 14.8. The summed E-state index contributed by atoms with van der Waals surface area (Å²) >= 11 is 0. The zero-order valence-electron chi connectivity index (χ0n) is 13.3. The van der Waals surface area contributed by atoms with Crippen LogP contribution in [0.4, 0.5) is 0 Å². The number of benzene rings is 1. The van der Waals surface area contributed by atoms with Crippen LogP contribution in [0.5, 0.6) is 0 Å². The molecule has 3 nitrogen and oxygen atoms in total. The molecular formula is C18H25N3. The predicted octanol–water partition coefficient (Wildman–Crippen LogP) is 3.87. The van der Waals surface area contributed by atoms with Gasteiger partial charge in [0, 0.05) is 24.3 Å². The average molecular weight is 283 g/mol. The lowest BCUT2D eigenvalue weighted by atomic mass is 9.97. The van der Waals surface area contributed by atoms with Crippen LogP contribution in [0.1, 0.15) is 49.6 Å². The molecule has 1 aliphatic carbocycles. The largest absolute Gasteiger partial charge is 0.310 e. The summed E-state index contributed by atoms with van der Waals surface area (Å²) < 4.78 is 2.03. The molecule has 1 unspecified atom stereocenters. The number of hydrogen-bond donors (Lipinski definition) is 1. The normalized spacial score (nSPS) is 17.2. The number of hydrogen-bond acceptors (Lipinski definition) is 2. The number of nitrogens with one attached hydrogen (secondary N) is 1. The third-order valence-corrected chi connectivity index (χ3v) is 4.47. The standard InChI is InChI=1S/C18H25N3/c1-4-11-19-18-10-9-15-14(7-6-8-16(15)18)17-12-21(5-2)20-13(17)3/h6-8,12,18-19H,4-5,9-11H2,1-3H3. The van der Waals surface area contributed by atoms with Gasteiger partial charge in [-0.1, -0.05) is 25.1 Å². The molecule has 0 saturated heterocycles. The number of rotatable bonds is 5. The van der Waals surface area contributed by atoms with Crippen molar-refractivity contribution < 1.29 is 0 Å². The van der Waals surface area contributed by atoms with Crippen molar-refractivity contribution in [3.05, 3.63) is 41.2 Å². The Morgan fingerprint density at radius 1 is 1.29 bits per heavy atom. The monoisotopic (exact) mass is 283 g/mol. The minimum atomic E-state index is 0.529. The van der Waals surface area contributed by atoms with Gasteiger partial charge in [-0.15, -0.1) is 0 Å². The van der Waals surface area contributed by atoms with Crippen LogP contribution in [-0.2, 0) is 13.0 Å². The van der Waals surface area contributed by atoms with Crippen molar-refractivity contribution in [3.8, 4) is 11.1 Å². The van der Waals surface area contributed by atoms with E-state index in [1.807, 2.05) is 4.68 Å². The first kappa shape index (κ1) is 14.3. The maximum Gasteiger partial charge on any atom is 0.0672 e. The van der Waals surface area contributed by atoms with Gasteiger partial charge in [0.05, 0.1) is 5.69 Å². The minimum absolute atomic E-state index is 0.529. The van der Waals surface area contributed by atoms with Gasteiger partial charge in [0.15, 0.2) is 0 Å². The summed E-state index contributed by atoms with van der Waals surface area (Å²) in [6.07, 6.45) is 5.77. The molecule has 1 aromatic carbocycles. The Bertz CT molecular complexity index is 627. The van der Waals surface area contributed by atoms with E-state index < -0.39 is 0 Å². The van der Waals surface area contributed by atoms with Crippen molar-refractivity contribution in [1.82, 2.24) is 15.1 Å². The van der Waals surface area contributed by atoms with Gasteiger partial charge in [0.1, 0.15) is 0 Å². The summed E-state index contributed by atoms with van der Waals surface area (Å²) in [6.45, 7) is 8.50. The van der Waals surface area contributed by atoms with E-state index >= 15 is 0 Å². The Morgan fingerprint density at radius 2 is 2.14 bits per heavy atom. The molecule has 0 saturated carbocycles. The molecule has 3 heteroatoms. The van der Waals surface area contributed by atoms with Crippen molar-refractivity contribution in [2.24, 2.45) is 0 Å². The Balaban J connectivity index is 1.98. The highest BCUT2D eigenvalue weighted by atomic mass is 15.3. The van der Waals surface area contributed by atoms with E-state index in [4.69, 9.17) is 0 Å². The van der Waals surface area contributed by atoms with Crippen LogP contribution >= 0.6 is 0 Å². The summed E-state index contributed by atoms with van der Waals surface area (Å²) in [5.74, 6) is 0. The van der Waals surface area contributed by atoms with Crippen molar-refractivity contribution in [3.63, 3.8) is 0 Å². The van der Waals surface area contributed by atoms with Crippen LogP contribution < -0.4 is 5.32 Å². The summed E-state index contributed by atoms with van der Waals surface area (Å²) in [5.41, 5.74) is 6.82. The van der Waals surface area contributed by atoms with E-state index in [9.17, 15) is 0 Å². The topological polar surface area (TPSA) is 29.9 Å². The number of fused-ring (bicyclic) bond motifs is 1. The first-order chi connectivity index (χ1) is 10.2. The molecule has 0 amide bonds. The van der Waals surface area contributed by atoms with Gasteiger partial charge in [0.2, 0.25) is 0 Å². The van der Waals surface area contributed by atoms with Crippen LogP contribution in [0.2, 0.25) is 0 Å². The van der Waals surface area contributed by atoms with E-state index in [-0.39, 0.29) is 0 Å². The fraction of sp³-hybridized carbons (Fsp3) is 0.500. The Hall–Kier alpha value is -1.61. The van der Waals surface area contributed by atoms with E-state index in [0.29, 0.717) is 6.04 Å². The van der Waals surface area contributed by atoms with Crippen LogP contribution in [0.3, 0.4) is 0 Å². The summed E-state index contributed by atoms with van der Waals surface area (Å²) in [6, 6.07) is 7.27. The molecule has 1 aliphatic rings. The highest BCUT2D eigenvalue weighted by Gasteiger charge is 2.25. The molecule has 0 aliphatic heterocycles. The molecule has 3 rings (SSSR count). The maximum atomic E-state index is 4.60. The van der Waals surface area contributed by atoms with Gasteiger partial charge in [-0.05, 0) is 56.3 Å². The van der Waals surface area contributed by atoms with Crippen LogP contribution in [0.15, 0.2) is 24.4 Å². The zero-order valence-corrected chi connectivity index (χ0v) is 13.3. The first-order valence-corrected chi connectivity index (χ1v) is 8.14. The van der Waals surface area contributed by atoms with E-state index in [0.717, 1.165) is 18.8 Å². The quantitative estimate of drug-likeness (QED) is 0.903. The van der Waals surface area contributed by atoms with Gasteiger partial charge >= 0.3 is 0 Å². The smallest absolute Gasteiger partial charge is 0.0672 e. The second-order valence-corrected chi connectivity index (χ2v) is 5.90. The Kier molecular flexibility index (Phi) is 4.11. The molecule has 1 atom stereocenters. The van der Waals surface area contributed by atoms with Gasteiger partial charge in [-0.25, -0.2) is 0 Å². The van der Waals surface area contributed by atoms with Gasteiger partial charge < -0.3 is 5.32 Å². The highest BCUT2D eigenvalue weighted by molar-refractivity contribution is 5.71. The van der Waals surface area contributed by atoms with Crippen LogP contribution in [-0.4, -0.2) is 16.3 Å². The fourth-order valence-corrected chi connectivity index (χ4v) is 3.38. The number of aryl methyl sites for hydroxylation is 2. The summed E-state index contributed by atoms with van der Waals surface area (Å²) in [7, 11) is 0. The molecule has 21 heavy (non-hydrogen) atoms. The Morgan fingerprint density at radius 3 is 2.86 bits per heavy atom. The van der Waals surface area contributed by atoms with Crippen molar-refractivity contribution in [2.45, 2.75) is 52.6 Å². The van der Waals surface area contributed by atoms with Gasteiger partial charge in [-0.3, -0.25) is 4.68 Å². The maximum absolute atomic E-state index is 4.60. The molecular weight excluding hydrogens is 258 g/mol. The predicted molar refractivity (Wildman–Crippen MR) is 87.4 cm³/mol. The van der Waals surface area contributed by atoms with Gasteiger partial charge in [-0.2, -0.15) is 5.10 Å². The molecule has 1 N–H and O–H groups in total. The van der Waals surface area contributed by atoms with Crippen molar-refractivity contribution in [2.75, 3.05) is 6.54 Å². The van der Waals surface area contributed by atoms with E-state index in [1.54, 1.807) is 0 Å².